The topological polar surface area (TPSA) is 51.2 Å². The monoisotopic (exact) mass is 268 g/mol. The van der Waals surface area contributed by atoms with Crippen LogP contribution in [0.4, 0.5) is 0 Å². The summed E-state index contributed by atoms with van der Waals surface area (Å²) in [7, 11) is 0. The Morgan fingerprint density at radius 2 is 2.11 bits per heavy atom. The van der Waals surface area contributed by atoms with Crippen LogP contribution >= 0.6 is 11.6 Å². The lowest BCUT2D eigenvalue weighted by Gasteiger charge is -2.27. The first-order chi connectivity index (χ1) is 8.36. The molecular formula is C13H17ClN2O2. The minimum atomic E-state index is -0.139. The van der Waals surface area contributed by atoms with Crippen molar-refractivity contribution in [2.75, 3.05) is 13.2 Å². The third kappa shape index (κ3) is 3.00. The van der Waals surface area contributed by atoms with E-state index in [0.717, 1.165) is 5.69 Å². The first kappa shape index (κ1) is 13.3. The lowest BCUT2D eigenvalue weighted by Crippen LogP contribution is -2.48. The number of rotatable bonds is 2. The molecule has 4 nitrogen and oxygen atoms in total. The number of nitrogens with zero attached hydrogens (tertiary/aromatic N) is 1. The first-order valence-corrected chi connectivity index (χ1v) is 6.31. The van der Waals surface area contributed by atoms with E-state index in [1.54, 1.807) is 12.1 Å². The van der Waals surface area contributed by atoms with Crippen LogP contribution in [0.15, 0.2) is 12.1 Å². The Morgan fingerprint density at radius 3 is 2.61 bits per heavy atom. The fourth-order valence-corrected chi connectivity index (χ4v) is 1.81. The van der Waals surface area contributed by atoms with Gasteiger partial charge in [0.1, 0.15) is 5.15 Å². The molecule has 1 fully saturated rings. The van der Waals surface area contributed by atoms with Crippen molar-refractivity contribution >= 4 is 17.5 Å². The van der Waals surface area contributed by atoms with Crippen molar-refractivity contribution in [2.45, 2.75) is 32.2 Å². The van der Waals surface area contributed by atoms with Gasteiger partial charge in [0.15, 0.2) is 0 Å². The molecule has 1 amide bonds. The van der Waals surface area contributed by atoms with Crippen LogP contribution in [0.25, 0.3) is 0 Å². The van der Waals surface area contributed by atoms with Crippen molar-refractivity contribution in [1.29, 1.82) is 0 Å². The summed E-state index contributed by atoms with van der Waals surface area (Å²) in [4.78, 5) is 16.3. The molecule has 0 aromatic carbocycles. The van der Waals surface area contributed by atoms with E-state index in [1.165, 1.54) is 0 Å². The number of amides is 1. The molecule has 98 valence electrons. The van der Waals surface area contributed by atoms with Crippen LogP contribution < -0.4 is 5.32 Å². The van der Waals surface area contributed by atoms with E-state index in [9.17, 15) is 4.79 Å². The largest absolute Gasteiger partial charge is 0.377 e. The van der Waals surface area contributed by atoms with Crippen LogP contribution in [0.2, 0.25) is 5.15 Å². The minimum absolute atomic E-state index is 0.113. The first-order valence-electron chi connectivity index (χ1n) is 5.93. The van der Waals surface area contributed by atoms with Gasteiger partial charge in [0.25, 0.3) is 5.91 Å². The summed E-state index contributed by atoms with van der Waals surface area (Å²) >= 11 is 5.97. The van der Waals surface area contributed by atoms with Gasteiger partial charge in [-0.1, -0.05) is 32.4 Å². The van der Waals surface area contributed by atoms with Gasteiger partial charge >= 0.3 is 0 Å². The Kier molecular flexibility index (Phi) is 3.59. The molecule has 18 heavy (non-hydrogen) atoms. The molecule has 0 unspecified atom stereocenters. The molecule has 1 aromatic heterocycles. The second-order valence-electron chi connectivity index (χ2n) is 5.52. The number of aromatic nitrogens is 1. The van der Waals surface area contributed by atoms with Crippen molar-refractivity contribution in [3.8, 4) is 0 Å². The van der Waals surface area contributed by atoms with Gasteiger partial charge in [-0.25, -0.2) is 4.98 Å². The third-order valence-corrected chi connectivity index (χ3v) is 2.99. The predicted molar refractivity (Wildman–Crippen MR) is 70.0 cm³/mol. The SMILES string of the molecule is CC(C)(C)c1cc(C(=O)NC2COC2)cc(Cl)n1. The molecule has 0 spiro atoms. The van der Waals surface area contributed by atoms with E-state index in [1.807, 2.05) is 20.8 Å². The second-order valence-corrected chi connectivity index (χ2v) is 5.91. The predicted octanol–water partition coefficient (Wildman–Crippen LogP) is 2.16. The molecule has 1 aliphatic rings. The molecule has 1 aromatic rings. The van der Waals surface area contributed by atoms with Crippen LogP contribution in [-0.4, -0.2) is 30.1 Å². The highest BCUT2D eigenvalue weighted by Gasteiger charge is 2.23. The van der Waals surface area contributed by atoms with Gasteiger partial charge in [0.05, 0.1) is 19.3 Å². The maximum atomic E-state index is 12.0. The summed E-state index contributed by atoms with van der Waals surface area (Å²) in [6, 6.07) is 3.49. The summed E-state index contributed by atoms with van der Waals surface area (Å²) < 4.78 is 5.02. The lowest BCUT2D eigenvalue weighted by atomic mass is 9.91. The average molecular weight is 269 g/mol. The van der Waals surface area contributed by atoms with Crippen LogP contribution in [0.1, 0.15) is 36.8 Å². The Bertz CT molecular complexity index is 465. The number of carbonyl (C=O) groups is 1. The molecule has 0 saturated carbocycles. The number of nitrogens with one attached hydrogen (secondary N) is 1. The number of pyridine rings is 1. The van der Waals surface area contributed by atoms with Crippen LogP contribution in [-0.2, 0) is 10.2 Å². The number of carbonyl (C=O) groups excluding carboxylic acids is 1. The standard InChI is InChI=1S/C13H17ClN2O2/c1-13(2,3)10-4-8(5-11(14)16-10)12(17)15-9-6-18-7-9/h4-5,9H,6-7H2,1-3H3,(H,15,17). The maximum Gasteiger partial charge on any atom is 0.251 e. The summed E-state index contributed by atoms with van der Waals surface area (Å²) in [6.07, 6.45) is 0. The van der Waals surface area contributed by atoms with E-state index in [-0.39, 0.29) is 17.4 Å². The van der Waals surface area contributed by atoms with Crippen molar-refractivity contribution < 1.29 is 9.53 Å². The van der Waals surface area contributed by atoms with E-state index < -0.39 is 0 Å². The quantitative estimate of drug-likeness (QED) is 0.837. The van der Waals surface area contributed by atoms with E-state index >= 15 is 0 Å². The fraction of sp³-hybridized carbons (Fsp3) is 0.538. The van der Waals surface area contributed by atoms with Crippen LogP contribution in [0.3, 0.4) is 0 Å². The average Bonchev–Trinajstić information content (AvgIpc) is 2.21. The van der Waals surface area contributed by atoms with Gasteiger partial charge in [-0.3, -0.25) is 4.79 Å². The number of hydrogen-bond donors (Lipinski definition) is 1. The second kappa shape index (κ2) is 4.86. The summed E-state index contributed by atoms with van der Waals surface area (Å²) in [6.45, 7) is 7.26. The van der Waals surface area contributed by atoms with Crippen molar-refractivity contribution in [2.24, 2.45) is 0 Å². The maximum absolute atomic E-state index is 12.0. The lowest BCUT2D eigenvalue weighted by molar-refractivity contribution is -0.00346. The Balaban J connectivity index is 2.21. The Hall–Kier alpha value is -1.13. The van der Waals surface area contributed by atoms with Gasteiger partial charge in [-0.2, -0.15) is 0 Å². The zero-order chi connectivity index (χ0) is 13.3. The van der Waals surface area contributed by atoms with E-state index in [0.29, 0.717) is 23.9 Å². The zero-order valence-corrected chi connectivity index (χ0v) is 11.5. The molecule has 0 bridgehead atoms. The van der Waals surface area contributed by atoms with Gasteiger partial charge in [0.2, 0.25) is 0 Å². The number of ether oxygens (including phenoxy) is 1. The Morgan fingerprint density at radius 1 is 1.44 bits per heavy atom. The number of hydrogen-bond acceptors (Lipinski definition) is 3. The van der Waals surface area contributed by atoms with Crippen molar-refractivity contribution in [3.63, 3.8) is 0 Å². The highest BCUT2D eigenvalue weighted by Crippen LogP contribution is 2.23. The zero-order valence-electron chi connectivity index (χ0n) is 10.8. The smallest absolute Gasteiger partial charge is 0.251 e. The highest BCUT2D eigenvalue weighted by atomic mass is 35.5. The van der Waals surface area contributed by atoms with Gasteiger partial charge in [0, 0.05) is 16.7 Å². The summed E-state index contributed by atoms with van der Waals surface area (Å²) in [5.41, 5.74) is 1.22. The fourth-order valence-electron chi connectivity index (χ4n) is 1.60. The molecule has 5 heteroatoms. The van der Waals surface area contributed by atoms with Crippen molar-refractivity contribution in [3.05, 3.63) is 28.5 Å². The summed E-state index contributed by atoms with van der Waals surface area (Å²) in [5, 5.41) is 3.23. The molecule has 1 N–H and O–H groups in total. The van der Waals surface area contributed by atoms with Crippen LogP contribution in [0, 0.1) is 0 Å². The van der Waals surface area contributed by atoms with E-state index in [2.05, 4.69) is 10.3 Å². The van der Waals surface area contributed by atoms with Gasteiger partial charge in [-0.15, -0.1) is 0 Å². The van der Waals surface area contributed by atoms with E-state index in [4.69, 9.17) is 16.3 Å². The molecular weight excluding hydrogens is 252 g/mol. The molecule has 1 aliphatic heterocycles. The normalized spacial score (nSPS) is 16.2. The summed E-state index contributed by atoms with van der Waals surface area (Å²) in [5.74, 6) is -0.127. The molecule has 0 aliphatic carbocycles. The molecule has 0 atom stereocenters. The van der Waals surface area contributed by atoms with Gasteiger partial charge < -0.3 is 10.1 Å². The van der Waals surface area contributed by atoms with Crippen LogP contribution in [0.5, 0.6) is 0 Å². The Labute approximate surface area is 112 Å². The molecule has 2 heterocycles. The molecule has 2 rings (SSSR count). The molecule has 0 radical (unpaired) electrons. The number of halogens is 1. The third-order valence-electron chi connectivity index (χ3n) is 2.80. The van der Waals surface area contributed by atoms with Gasteiger partial charge in [-0.05, 0) is 12.1 Å². The highest BCUT2D eigenvalue weighted by molar-refractivity contribution is 6.29. The van der Waals surface area contributed by atoms with Crippen molar-refractivity contribution in [1.82, 2.24) is 10.3 Å². The minimum Gasteiger partial charge on any atom is -0.377 e. The molecule has 1 saturated heterocycles.